The van der Waals surface area contributed by atoms with Crippen LogP contribution in [0.1, 0.15) is 25.1 Å². The number of hydrogen-bond donors (Lipinski definition) is 0. The largest absolute Gasteiger partial charge is 0.337 e. The quantitative estimate of drug-likeness (QED) is 0.776. The highest BCUT2D eigenvalue weighted by Crippen LogP contribution is 2.01. The van der Waals surface area contributed by atoms with Crippen LogP contribution in [0.4, 0.5) is 0 Å². The Labute approximate surface area is 92.7 Å². The van der Waals surface area contributed by atoms with Crippen LogP contribution in [0.15, 0.2) is 33.7 Å². The first kappa shape index (κ1) is 10.6. The maximum Gasteiger partial charge on any atom is 0.250 e. The van der Waals surface area contributed by atoms with Crippen LogP contribution >= 0.6 is 0 Å². The monoisotopic (exact) mass is 219 g/mol. The summed E-state index contributed by atoms with van der Waals surface area (Å²) in [5.41, 5.74) is -0.0715. The van der Waals surface area contributed by atoms with Gasteiger partial charge in [0.25, 0.3) is 5.56 Å². The molecule has 0 aromatic carbocycles. The molecule has 5 heteroatoms. The highest BCUT2D eigenvalue weighted by Gasteiger charge is 2.06. The zero-order chi connectivity index (χ0) is 11.4. The van der Waals surface area contributed by atoms with Crippen LogP contribution in [0.25, 0.3) is 0 Å². The first-order valence-corrected chi connectivity index (χ1v) is 5.26. The zero-order valence-electron chi connectivity index (χ0n) is 9.09. The standard InChI is InChI=1S/C11H13N3O2/c1-2-5-9-12-10(16-13-9)8-14-7-4-3-6-11(14)15/h3-4,6-7H,2,5,8H2,1H3. The van der Waals surface area contributed by atoms with Gasteiger partial charge >= 0.3 is 0 Å². The molecule has 0 aliphatic rings. The van der Waals surface area contributed by atoms with Gasteiger partial charge in [0.2, 0.25) is 5.89 Å². The first-order chi connectivity index (χ1) is 7.79. The van der Waals surface area contributed by atoms with E-state index >= 15 is 0 Å². The smallest absolute Gasteiger partial charge is 0.250 e. The van der Waals surface area contributed by atoms with Crippen LogP contribution in [-0.2, 0) is 13.0 Å². The number of aromatic nitrogens is 3. The second kappa shape index (κ2) is 4.74. The van der Waals surface area contributed by atoms with E-state index in [1.165, 1.54) is 10.6 Å². The lowest BCUT2D eigenvalue weighted by Gasteiger charge is -1.98. The summed E-state index contributed by atoms with van der Waals surface area (Å²) in [5, 5.41) is 3.83. The Morgan fingerprint density at radius 2 is 2.31 bits per heavy atom. The number of hydrogen-bond acceptors (Lipinski definition) is 4. The molecule has 0 saturated heterocycles. The van der Waals surface area contributed by atoms with E-state index in [4.69, 9.17) is 4.52 Å². The molecular formula is C11H13N3O2. The SMILES string of the molecule is CCCc1noc(Cn2ccccc2=O)n1. The van der Waals surface area contributed by atoms with Gasteiger partial charge in [-0.3, -0.25) is 4.79 Å². The Hall–Kier alpha value is -1.91. The van der Waals surface area contributed by atoms with E-state index in [9.17, 15) is 4.79 Å². The van der Waals surface area contributed by atoms with Crippen LogP contribution in [0.5, 0.6) is 0 Å². The van der Waals surface area contributed by atoms with E-state index < -0.39 is 0 Å². The normalized spacial score (nSPS) is 10.6. The molecule has 2 aromatic rings. The van der Waals surface area contributed by atoms with Crippen LogP contribution in [0.3, 0.4) is 0 Å². The average molecular weight is 219 g/mol. The lowest BCUT2D eigenvalue weighted by atomic mass is 10.3. The fourth-order valence-corrected chi connectivity index (χ4v) is 1.42. The van der Waals surface area contributed by atoms with Crippen LogP contribution in [-0.4, -0.2) is 14.7 Å². The van der Waals surface area contributed by atoms with E-state index in [-0.39, 0.29) is 5.56 Å². The summed E-state index contributed by atoms with van der Waals surface area (Å²) in [5.74, 6) is 1.17. The fraction of sp³-hybridized carbons (Fsp3) is 0.364. The Morgan fingerprint density at radius 3 is 3.06 bits per heavy atom. The van der Waals surface area contributed by atoms with Crippen LogP contribution in [0.2, 0.25) is 0 Å². The molecule has 2 rings (SSSR count). The minimum absolute atomic E-state index is 0.0715. The molecule has 2 heterocycles. The third-order valence-corrected chi connectivity index (χ3v) is 2.19. The molecule has 0 spiro atoms. The van der Waals surface area contributed by atoms with Crippen molar-refractivity contribution in [3.8, 4) is 0 Å². The molecule has 0 fully saturated rings. The minimum atomic E-state index is -0.0715. The van der Waals surface area contributed by atoms with Crippen molar-refractivity contribution < 1.29 is 4.52 Å². The van der Waals surface area contributed by atoms with E-state index in [1.807, 2.05) is 0 Å². The Morgan fingerprint density at radius 1 is 1.44 bits per heavy atom. The summed E-state index contributed by atoms with van der Waals surface area (Å²) in [7, 11) is 0. The van der Waals surface area contributed by atoms with Crippen molar-refractivity contribution in [2.45, 2.75) is 26.3 Å². The molecule has 5 nitrogen and oxygen atoms in total. The summed E-state index contributed by atoms with van der Waals surface area (Å²) in [6, 6.07) is 5.00. The van der Waals surface area contributed by atoms with Gasteiger partial charge in [0, 0.05) is 18.7 Å². The number of pyridine rings is 1. The van der Waals surface area contributed by atoms with E-state index in [2.05, 4.69) is 17.1 Å². The summed E-state index contributed by atoms with van der Waals surface area (Å²) >= 11 is 0. The van der Waals surface area contributed by atoms with Gasteiger partial charge < -0.3 is 9.09 Å². The average Bonchev–Trinajstić information content (AvgIpc) is 2.70. The maximum atomic E-state index is 11.4. The highest BCUT2D eigenvalue weighted by atomic mass is 16.5. The van der Waals surface area contributed by atoms with Crippen molar-refractivity contribution in [3.63, 3.8) is 0 Å². The molecular weight excluding hydrogens is 206 g/mol. The van der Waals surface area contributed by atoms with E-state index in [0.717, 1.165) is 12.8 Å². The van der Waals surface area contributed by atoms with Crippen LogP contribution < -0.4 is 5.56 Å². The topological polar surface area (TPSA) is 60.9 Å². The Kier molecular flexibility index (Phi) is 3.14. The molecule has 0 aliphatic heterocycles. The second-order valence-electron chi connectivity index (χ2n) is 3.52. The van der Waals surface area contributed by atoms with Crippen LogP contribution in [0, 0.1) is 0 Å². The van der Waals surface area contributed by atoms with Crippen molar-refractivity contribution >= 4 is 0 Å². The molecule has 0 saturated carbocycles. The zero-order valence-corrected chi connectivity index (χ0v) is 9.09. The lowest BCUT2D eigenvalue weighted by Crippen LogP contribution is -2.18. The predicted octanol–water partition coefficient (Wildman–Crippen LogP) is 1.23. The van der Waals surface area contributed by atoms with Gasteiger partial charge in [-0.1, -0.05) is 18.1 Å². The van der Waals surface area contributed by atoms with E-state index in [1.54, 1.807) is 18.3 Å². The summed E-state index contributed by atoms with van der Waals surface area (Å²) in [4.78, 5) is 15.6. The molecule has 0 unspecified atom stereocenters. The Bertz CT molecular complexity index is 516. The summed E-state index contributed by atoms with van der Waals surface area (Å²) in [6.07, 6.45) is 3.48. The van der Waals surface area contributed by atoms with Crippen molar-refractivity contribution in [1.29, 1.82) is 0 Å². The molecule has 0 amide bonds. The third-order valence-electron chi connectivity index (χ3n) is 2.19. The molecule has 0 radical (unpaired) electrons. The summed E-state index contributed by atoms with van der Waals surface area (Å²) < 4.78 is 6.59. The van der Waals surface area contributed by atoms with E-state index in [0.29, 0.717) is 18.3 Å². The van der Waals surface area contributed by atoms with Crippen molar-refractivity contribution in [1.82, 2.24) is 14.7 Å². The van der Waals surface area contributed by atoms with Gasteiger partial charge in [0.05, 0.1) is 0 Å². The third kappa shape index (κ3) is 2.36. The predicted molar refractivity (Wildman–Crippen MR) is 58.1 cm³/mol. The molecule has 0 aliphatic carbocycles. The molecule has 16 heavy (non-hydrogen) atoms. The van der Waals surface area contributed by atoms with Gasteiger partial charge in [-0.2, -0.15) is 4.98 Å². The van der Waals surface area contributed by atoms with Crippen molar-refractivity contribution in [2.24, 2.45) is 0 Å². The maximum absolute atomic E-state index is 11.4. The fourth-order valence-electron chi connectivity index (χ4n) is 1.42. The molecule has 84 valence electrons. The van der Waals surface area contributed by atoms with Gasteiger partial charge in [-0.05, 0) is 12.5 Å². The van der Waals surface area contributed by atoms with Gasteiger partial charge in [0.15, 0.2) is 5.82 Å². The number of nitrogens with zero attached hydrogens (tertiary/aromatic N) is 3. The number of aryl methyl sites for hydroxylation is 1. The number of rotatable bonds is 4. The minimum Gasteiger partial charge on any atom is -0.337 e. The first-order valence-electron chi connectivity index (χ1n) is 5.26. The molecule has 0 N–H and O–H groups in total. The lowest BCUT2D eigenvalue weighted by molar-refractivity contribution is 0.364. The molecule has 0 atom stereocenters. The van der Waals surface area contributed by atoms with Gasteiger partial charge in [0.1, 0.15) is 6.54 Å². The Balaban J connectivity index is 2.15. The molecule has 0 bridgehead atoms. The van der Waals surface area contributed by atoms with Crippen molar-refractivity contribution in [3.05, 3.63) is 46.5 Å². The van der Waals surface area contributed by atoms with Gasteiger partial charge in [-0.25, -0.2) is 0 Å². The highest BCUT2D eigenvalue weighted by molar-refractivity contribution is 4.96. The second-order valence-corrected chi connectivity index (χ2v) is 3.52. The van der Waals surface area contributed by atoms with Crippen molar-refractivity contribution in [2.75, 3.05) is 0 Å². The summed E-state index contributed by atoms with van der Waals surface area (Å²) in [6.45, 7) is 2.38. The van der Waals surface area contributed by atoms with Gasteiger partial charge in [-0.15, -0.1) is 0 Å². The molecule has 2 aromatic heterocycles.